The average molecular weight is 325 g/mol. The Kier molecular flexibility index (Phi) is 4.61. The first kappa shape index (κ1) is 14.8. The Hall–Kier alpha value is -1.24. The van der Waals surface area contributed by atoms with E-state index in [1.807, 2.05) is 0 Å². The molecule has 7 heteroatoms. The third kappa shape index (κ3) is 3.90. The third-order valence-corrected chi connectivity index (χ3v) is 2.82. The number of amidine groups is 1. The fourth-order valence-electron chi connectivity index (χ4n) is 1.26. The van der Waals surface area contributed by atoms with Crippen molar-refractivity contribution in [1.82, 2.24) is 0 Å². The molecule has 18 heavy (non-hydrogen) atoms. The number of nitrogens with two attached hydrogens (primary N) is 1. The molecule has 0 radical (unpaired) electrons. The van der Waals surface area contributed by atoms with Crippen LogP contribution >= 0.6 is 15.9 Å². The minimum Gasteiger partial charge on any atom is -0.492 e. The lowest BCUT2D eigenvalue weighted by Gasteiger charge is -2.20. The molecule has 0 amide bonds. The zero-order valence-corrected chi connectivity index (χ0v) is 11.1. The van der Waals surface area contributed by atoms with Crippen LogP contribution in [0.5, 0.6) is 5.75 Å². The van der Waals surface area contributed by atoms with E-state index in [1.54, 1.807) is 25.1 Å². The van der Waals surface area contributed by atoms with E-state index in [1.165, 1.54) is 0 Å². The van der Waals surface area contributed by atoms with Gasteiger partial charge in [0.1, 0.15) is 24.1 Å². The van der Waals surface area contributed by atoms with Gasteiger partial charge in [0, 0.05) is 4.47 Å². The molecule has 0 saturated heterocycles. The Morgan fingerprint density at radius 3 is 2.61 bits per heavy atom. The first-order chi connectivity index (χ1) is 8.21. The number of ether oxygens (including phenoxy) is 1. The fraction of sp³-hybridized carbons (Fsp3) is 0.364. The highest BCUT2D eigenvalue weighted by atomic mass is 79.9. The Balaban J connectivity index is 2.79. The molecule has 0 aliphatic carbocycles. The number of halogens is 4. The van der Waals surface area contributed by atoms with Gasteiger partial charge in [0.15, 0.2) is 0 Å². The predicted octanol–water partition coefficient (Wildman–Crippen LogP) is 3.25. The maximum atomic E-state index is 12.5. The van der Waals surface area contributed by atoms with Crippen molar-refractivity contribution in [1.29, 1.82) is 5.41 Å². The number of hydrogen-bond donors (Lipinski definition) is 2. The Morgan fingerprint density at radius 1 is 1.50 bits per heavy atom. The molecule has 0 fully saturated rings. The zero-order valence-electron chi connectivity index (χ0n) is 9.51. The van der Waals surface area contributed by atoms with Gasteiger partial charge in [-0.3, -0.25) is 5.41 Å². The Labute approximate surface area is 111 Å². The Morgan fingerprint density at radius 2 is 2.11 bits per heavy atom. The van der Waals surface area contributed by atoms with Crippen molar-refractivity contribution in [3.05, 3.63) is 28.2 Å². The largest absolute Gasteiger partial charge is 0.492 e. The highest BCUT2D eigenvalue weighted by Crippen LogP contribution is 2.28. The van der Waals surface area contributed by atoms with Crippen LogP contribution in [0.15, 0.2) is 22.7 Å². The molecule has 0 spiro atoms. The van der Waals surface area contributed by atoms with Gasteiger partial charge in [-0.1, -0.05) is 22.0 Å². The van der Waals surface area contributed by atoms with Crippen LogP contribution in [0.2, 0.25) is 0 Å². The topological polar surface area (TPSA) is 59.1 Å². The van der Waals surface area contributed by atoms with E-state index in [2.05, 4.69) is 15.9 Å². The quantitative estimate of drug-likeness (QED) is 0.659. The van der Waals surface area contributed by atoms with Gasteiger partial charge >= 0.3 is 6.18 Å². The van der Waals surface area contributed by atoms with Crippen molar-refractivity contribution in [2.24, 2.45) is 11.7 Å². The molecular formula is C11H12BrF3N2O. The van der Waals surface area contributed by atoms with Crippen molar-refractivity contribution >= 4 is 21.8 Å². The van der Waals surface area contributed by atoms with E-state index >= 15 is 0 Å². The predicted molar refractivity (Wildman–Crippen MR) is 65.8 cm³/mol. The summed E-state index contributed by atoms with van der Waals surface area (Å²) < 4.78 is 43.4. The smallest absolute Gasteiger partial charge is 0.401 e. The van der Waals surface area contributed by atoms with Crippen LogP contribution in [0.3, 0.4) is 0 Å². The molecule has 0 aliphatic heterocycles. The van der Waals surface area contributed by atoms with Gasteiger partial charge in [-0.25, -0.2) is 0 Å². The van der Waals surface area contributed by atoms with E-state index < -0.39 is 24.5 Å². The summed E-state index contributed by atoms with van der Waals surface area (Å²) in [6.07, 6.45) is -4.58. The van der Waals surface area contributed by atoms with Crippen molar-refractivity contribution in [3.8, 4) is 5.75 Å². The summed E-state index contributed by atoms with van der Waals surface area (Å²) in [5.74, 6) is -2.70. The number of benzene rings is 1. The van der Waals surface area contributed by atoms with Gasteiger partial charge < -0.3 is 10.5 Å². The lowest BCUT2D eigenvalue weighted by Crippen LogP contribution is -2.39. The molecule has 0 aliphatic rings. The molecule has 1 unspecified atom stereocenters. The van der Waals surface area contributed by atoms with E-state index in [9.17, 15) is 13.2 Å². The number of aryl methyl sites for hydroxylation is 1. The second-order valence-electron chi connectivity index (χ2n) is 3.77. The summed E-state index contributed by atoms with van der Waals surface area (Å²) in [6.45, 7) is 1.02. The number of rotatable bonds is 4. The molecule has 3 nitrogen and oxygen atoms in total. The monoisotopic (exact) mass is 324 g/mol. The summed E-state index contributed by atoms with van der Waals surface area (Å²) in [7, 11) is 0. The summed E-state index contributed by atoms with van der Waals surface area (Å²) in [4.78, 5) is 0. The molecule has 1 atom stereocenters. The molecule has 0 bridgehead atoms. The maximum Gasteiger partial charge on any atom is 0.401 e. The van der Waals surface area contributed by atoms with Gasteiger partial charge in [0.05, 0.1) is 0 Å². The second kappa shape index (κ2) is 5.60. The molecule has 0 heterocycles. The second-order valence-corrected chi connectivity index (χ2v) is 4.69. The van der Waals surface area contributed by atoms with Crippen molar-refractivity contribution in [2.45, 2.75) is 13.1 Å². The van der Waals surface area contributed by atoms with Gasteiger partial charge in [0.2, 0.25) is 0 Å². The lowest BCUT2D eigenvalue weighted by atomic mass is 10.1. The zero-order chi connectivity index (χ0) is 13.9. The summed E-state index contributed by atoms with van der Waals surface area (Å²) in [5.41, 5.74) is 5.64. The molecule has 1 rings (SSSR count). The normalized spacial score (nSPS) is 13.2. The molecule has 0 aromatic heterocycles. The summed E-state index contributed by atoms with van der Waals surface area (Å²) in [6, 6.07) is 5.05. The molecule has 1 aromatic carbocycles. The average Bonchev–Trinajstić information content (AvgIpc) is 2.20. The highest BCUT2D eigenvalue weighted by molar-refractivity contribution is 9.10. The minimum absolute atomic E-state index is 0.333. The molecule has 3 N–H and O–H groups in total. The maximum absolute atomic E-state index is 12.5. The van der Waals surface area contributed by atoms with Crippen molar-refractivity contribution < 1.29 is 17.9 Å². The molecule has 1 aromatic rings. The van der Waals surface area contributed by atoms with Crippen LogP contribution in [0.25, 0.3) is 0 Å². The van der Waals surface area contributed by atoms with Crippen molar-refractivity contribution in [3.63, 3.8) is 0 Å². The van der Waals surface area contributed by atoms with Gasteiger partial charge in [0.25, 0.3) is 0 Å². The highest BCUT2D eigenvalue weighted by Gasteiger charge is 2.42. The summed E-state index contributed by atoms with van der Waals surface area (Å²) >= 11 is 3.20. The van der Waals surface area contributed by atoms with Gasteiger partial charge in [-0.2, -0.15) is 13.2 Å². The SMILES string of the molecule is Cc1ccc(Br)cc1OCC(C(=N)N)C(F)(F)F. The number of alkyl halides is 3. The van der Waals surface area contributed by atoms with Gasteiger partial charge in [-0.15, -0.1) is 0 Å². The Bertz CT molecular complexity index is 448. The molecule has 100 valence electrons. The standard InChI is InChI=1S/C11H12BrF3N2O/c1-6-2-3-7(12)4-9(6)18-5-8(10(16)17)11(13,14)15/h2-4,8H,5H2,1H3,(H3,16,17). The fourth-order valence-corrected chi connectivity index (χ4v) is 1.60. The van der Waals surface area contributed by atoms with E-state index in [-0.39, 0.29) is 0 Å². The number of nitrogens with one attached hydrogen (secondary N) is 1. The van der Waals surface area contributed by atoms with Crippen LogP contribution < -0.4 is 10.5 Å². The number of hydrogen-bond acceptors (Lipinski definition) is 2. The molecule has 0 saturated carbocycles. The van der Waals surface area contributed by atoms with Crippen LogP contribution in [0.4, 0.5) is 13.2 Å². The van der Waals surface area contributed by atoms with E-state index in [4.69, 9.17) is 15.9 Å². The summed E-state index contributed by atoms with van der Waals surface area (Å²) in [5, 5.41) is 6.94. The van der Waals surface area contributed by atoms with E-state index in [0.717, 1.165) is 0 Å². The van der Waals surface area contributed by atoms with Crippen LogP contribution in [-0.4, -0.2) is 18.6 Å². The van der Waals surface area contributed by atoms with E-state index in [0.29, 0.717) is 15.8 Å². The first-order valence-electron chi connectivity index (χ1n) is 5.01. The van der Waals surface area contributed by atoms with Crippen molar-refractivity contribution in [2.75, 3.05) is 6.61 Å². The van der Waals surface area contributed by atoms with Crippen LogP contribution in [-0.2, 0) is 0 Å². The van der Waals surface area contributed by atoms with Crippen LogP contribution in [0.1, 0.15) is 5.56 Å². The first-order valence-corrected chi connectivity index (χ1v) is 5.80. The minimum atomic E-state index is -4.58. The molecular weight excluding hydrogens is 313 g/mol. The van der Waals surface area contributed by atoms with Crippen LogP contribution in [0, 0.1) is 18.3 Å². The van der Waals surface area contributed by atoms with Gasteiger partial charge in [-0.05, 0) is 24.6 Å². The lowest BCUT2D eigenvalue weighted by molar-refractivity contribution is -0.162. The third-order valence-electron chi connectivity index (χ3n) is 2.33.